The van der Waals surface area contributed by atoms with E-state index in [-0.39, 0.29) is 18.3 Å². The second-order valence-electron chi connectivity index (χ2n) is 5.73. The van der Waals surface area contributed by atoms with Gasteiger partial charge in [0.05, 0.1) is 6.54 Å². The van der Waals surface area contributed by atoms with Crippen LogP contribution in [0.15, 0.2) is 12.4 Å². The molecule has 0 bridgehead atoms. The normalized spacial score (nSPS) is 18.6. The molecular weight excluding hydrogens is 297 g/mol. The van der Waals surface area contributed by atoms with Gasteiger partial charge in [0.25, 0.3) is 0 Å². The minimum Gasteiger partial charge on any atom is -0.338 e. The standard InChI is InChI=1S/C14H21F3N4O/c1-20(13(22)3-2-11-4-5-18-8-11)9-12-19-6-7-21(12)10-14(15,16)17/h6-7,11,18H,2-5,8-10H2,1H3. The Labute approximate surface area is 127 Å². The van der Waals surface area contributed by atoms with Crippen LogP contribution < -0.4 is 5.32 Å². The molecule has 1 aliphatic heterocycles. The Hall–Kier alpha value is -1.57. The van der Waals surface area contributed by atoms with Crippen molar-refractivity contribution >= 4 is 5.91 Å². The lowest BCUT2D eigenvalue weighted by molar-refractivity contribution is -0.141. The topological polar surface area (TPSA) is 50.2 Å². The van der Waals surface area contributed by atoms with E-state index < -0.39 is 12.7 Å². The van der Waals surface area contributed by atoms with E-state index in [0.717, 1.165) is 30.5 Å². The smallest absolute Gasteiger partial charge is 0.338 e. The van der Waals surface area contributed by atoms with E-state index in [1.165, 1.54) is 17.3 Å². The summed E-state index contributed by atoms with van der Waals surface area (Å²) in [6, 6.07) is 0. The number of aromatic nitrogens is 2. The predicted molar refractivity (Wildman–Crippen MR) is 75.0 cm³/mol. The van der Waals surface area contributed by atoms with Gasteiger partial charge in [-0.1, -0.05) is 0 Å². The lowest BCUT2D eigenvalue weighted by Gasteiger charge is -2.19. The molecule has 1 aliphatic rings. The number of carbonyl (C=O) groups is 1. The van der Waals surface area contributed by atoms with Gasteiger partial charge in [0.2, 0.25) is 5.91 Å². The quantitative estimate of drug-likeness (QED) is 0.870. The van der Waals surface area contributed by atoms with Crippen LogP contribution in [0.2, 0.25) is 0 Å². The van der Waals surface area contributed by atoms with Gasteiger partial charge >= 0.3 is 6.18 Å². The first-order valence-electron chi connectivity index (χ1n) is 7.36. The van der Waals surface area contributed by atoms with Gasteiger partial charge in [-0.2, -0.15) is 13.2 Å². The number of hydrogen-bond donors (Lipinski definition) is 1. The molecule has 1 aromatic rings. The number of amides is 1. The molecule has 0 saturated carbocycles. The molecule has 8 heteroatoms. The Balaban J connectivity index is 1.84. The largest absolute Gasteiger partial charge is 0.406 e. The minimum atomic E-state index is -4.30. The van der Waals surface area contributed by atoms with Gasteiger partial charge in [0.15, 0.2) is 0 Å². The van der Waals surface area contributed by atoms with Crippen LogP contribution in [-0.2, 0) is 17.9 Å². The molecule has 1 aromatic heterocycles. The number of nitrogens with zero attached hydrogens (tertiary/aromatic N) is 3. The van der Waals surface area contributed by atoms with Crippen molar-refractivity contribution in [3.63, 3.8) is 0 Å². The first kappa shape index (κ1) is 16.8. The molecule has 0 aliphatic carbocycles. The van der Waals surface area contributed by atoms with Gasteiger partial charge in [0.1, 0.15) is 12.4 Å². The van der Waals surface area contributed by atoms with Crippen molar-refractivity contribution in [2.24, 2.45) is 5.92 Å². The molecular formula is C14H21F3N4O. The van der Waals surface area contributed by atoms with Crippen LogP contribution in [0.3, 0.4) is 0 Å². The van der Waals surface area contributed by atoms with Crippen molar-refractivity contribution in [1.29, 1.82) is 0 Å². The summed E-state index contributed by atoms with van der Waals surface area (Å²) in [4.78, 5) is 17.4. The zero-order chi connectivity index (χ0) is 16.2. The fraction of sp³-hybridized carbons (Fsp3) is 0.714. The van der Waals surface area contributed by atoms with Crippen molar-refractivity contribution < 1.29 is 18.0 Å². The second kappa shape index (κ2) is 7.13. The van der Waals surface area contributed by atoms with E-state index >= 15 is 0 Å². The molecule has 5 nitrogen and oxygen atoms in total. The van der Waals surface area contributed by atoms with E-state index in [1.54, 1.807) is 7.05 Å². The Morgan fingerprint density at radius 2 is 2.32 bits per heavy atom. The van der Waals surface area contributed by atoms with Gasteiger partial charge in [-0.15, -0.1) is 0 Å². The minimum absolute atomic E-state index is 0.0616. The number of halogens is 3. The first-order valence-corrected chi connectivity index (χ1v) is 7.36. The molecule has 124 valence electrons. The number of alkyl halides is 3. The highest BCUT2D eigenvalue weighted by Crippen LogP contribution is 2.19. The van der Waals surface area contributed by atoms with Crippen LogP contribution in [0, 0.1) is 5.92 Å². The molecule has 1 saturated heterocycles. The molecule has 0 aromatic carbocycles. The average molecular weight is 318 g/mol. The summed E-state index contributed by atoms with van der Waals surface area (Å²) in [6.07, 6.45) is 0.616. The van der Waals surface area contributed by atoms with Crippen molar-refractivity contribution in [3.8, 4) is 0 Å². The van der Waals surface area contributed by atoms with E-state index in [9.17, 15) is 18.0 Å². The van der Waals surface area contributed by atoms with Gasteiger partial charge in [-0.05, 0) is 31.8 Å². The molecule has 2 rings (SSSR count). The summed E-state index contributed by atoms with van der Waals surface area (Å²) < 4.78 is 38.4. The summed E-state index contributed by atoms with van der Waals surface area (Å²) >= 11 is 0. The van der Waals surface area contributed by atoms with Gasteiger partial charge in [-0.3, -0.25) is 4.79 Å². The summed E-state index contributed by atoms with van der Waals surface area (Å²) in [6.45, 7) is 0.930. The zero-order valence-electron chi connectivity index (χ0n) is 12.6. The molecule has 0 spiro atoms. The van der Waals surface area contributed by atoms with Crippen molar-refractivity contribution in [2.75, 3.05) is 20.1 Å². The van der Waals surface area contributed by atoms with Crippen molar-refractivity contribution in [2.45, 2.75) is 38.5 Å². The first-order chi connectivity index (χ1) is 10.3. The Morgan fingerprint density at radius 1 is 1.55 bits per heavy atom. The summed E-state index contributed by atoms with van der Waals surface area (Å²) in [5, 5.41) is 3.25. The molecule has 1 fully saturated rings. The fourth-order valence-electron chi connectivity index (χ4n) is 2.61. The number of nitrogens with one attached hydrogen (secondary N) is 1. The summed E-state index contributed by atoms with van der Waals surface area (Å²) in [7, 11) is 1.60. The van der Waals surface area contributed by atoms with Gasteiger partial charge < -0.3 is 14.8 Å². The summed E-state index contributed by atoms with van der Waals surface area (Å²) in [5.74, 6) is 0.703. The number of imidazole rings is 1. The maximum absolute atomic E-state index is 12.5. The third-order valence-corrected chi connectivity index (χ3v) is 3.88. The number of rotatable bonds is 6. The van der Waals surface area contributed by atoms with Crippen molar-refractivity contribution in [3.05, 3.63) is 18.2 Å². The highest BCUT2D eigenvalue weighted by atomic mass is 19.4. The van der Waals surface area contributed by atoms with Crippen LogP contribution in [0.4, 0.5) is 13.2 Å². The zero-order valence-corrected chi connectivity index (χ0v) is 12.6. The molecule has 1 amide bonds. The molecule has 0 radical (unpaired) electrons. The van der Waals surface area contributed by atoms with Gasteiger partial charge in [-0.25, -0.2) is 4.98 Å². The van der Waals surface area contributed by atoms with Crippen LogP contribution >= 0.6 is 0 Å². The maximum Gasteiger partial charge on any atom is 0.406 e. The third-order valence-electron chi connectivity index (χ3n) is 3.88. The molecule has 22 heavy (non-hydrogen) atoms. The van der Waals surface area contributed by atoms with Crippen LogP contribution in [0.1, 0.15) is 25.1 Å². The third kappa shape index (κ3) is 5.01. The monoisotopic (exact) mass is 318 g/mol. The second-order valence-corrected chi connectivity index (χ2v) is 5.73. The van der Waals surface area contributed by atoms with E-state index in [1.807, 2.05) is 0 Å². The molecule has 1 atom stereocenters. The Kier molecular flexibility index (Phi) is 5.44. The Bertz CT molecular complexity index is 495. The summed E-state index contributed by atoms with van der Waals surface area (Å²) in [5.41, 5.74) is 0. The Morgan fingerprint density at radius 3 is 2.95 bits per heavy atom. The van der Waals surface area contributed by atoms with E-state index in [2.05, 4.69) is 10.3 Å². The highest BCUT2D eigenvalue weighted by molar-refractivity contribution is 5.75. The molecule has 1 unspecified atom stereocenters. The molecule has 1 N–H and O–H groups in total. The lowest BCUT2D eigenvalue weighted by Crippen LogP contribution is -2.29. The fourth-order valence-corrected chi connectivity index (χ4v) is 2.61. The van der Waals surface area contributed by atoms with Crippen LogP contribution in [-0.4, -0.2) is 46.7 Å². The molecule has 2 heterocycles. The lowest BCUT2D eigenvalue weighted by atomic mass is 10.0. The average Bonchev–Trinajstić information content (AvgIpc) is 3.06. The van der Waals surface area contributed by atoms with E-state index in [0.29, 0.717) is 12.3 Å². The van der Waals surface area contributed by atoms with Gasteiger partial charge in [0, 0.05) is 25.9 Å². The number of carbonyl (C=O) groups excluding carboxylic acids is 1. The van der Waals surface area contributed by atoms with Crippen LogP contribution in [0.5, 0.6) is 0 Å². The number of hydrogen-bond acceptors (Lipinski definition) is 3. The van der Waals surface area contributed by atoms with E-state index in [4.69, 9.17) is 0 Å². The van der Waals surface area contributed by atoms with Crippen LogP contribution in [0.25, 0.3) is 0 Å². The maximum atomic E-state index is 12.5. The highest BCUT2D eigenvalue weighted by Gasteiger charge is 2.29. The predicted octanol–water partition coefficient (Wildman–Crippen LogP) is 1.79. The van der Waals surface area contributed by atoms with Crippen molar-refractivity contribution in [1.82, 2.24) is 19.8 Å². The SMILES string of the molecule is CN(Cc1nccn1CC(F)(F)F)C(=O)CCC1CCNC1.